The number of ether oxygens (including phenoxy) is 1. The Kier molecular flexibility index (Phi) is 7.07. The van der Waals surface area contributed by atoms with Crippen LogP contribution in [0.15, 0.2) is 77.8 Å². The van der Waals surface area contributed by atoms with Crippen LogP contribution >= 0.6 is 0 Å². The summed E-state index contributed by atoms with van der Waals surface area (Å²) in [7, 11) is 1.78. The average Bonchev–Trinajstić information content (AvgIpc) is 3.41. The van der Waals surface area contributed by atoms with Crippen molar-refractivity contribution in [2.45, 2.75) is 13.8 Å². The van der Waals surface area contributed by atoms with Gasteiger partial charge in [-0.15, -0.1) is 0 Å². The zero-order valence-corrected chi connectivity index (χ0v) is 22.8. The number of hydrogen-bond acceptors (Lipinski definition) is 9. The molecule has 40 heavy (non-hydrogen) atoms. The number of morpholine rings is 1. The van der Waals surface area contributed by atoms with Crippen LogP contribution in [0.3, 0.4) is 0 Å². The molecular formula is C30H31N9O. The fraction of sp³-hybridized carbons (Fsp3) is 0.233. The van der Waals surface area contributed by atoms with Crippen molar-refractivity contribution < 1.29 is 4.74 Å². The number of nitrogens with one attached hydrogen (secondary N) is 3. The normalized spacial score (nSPS) is 14.6. The molecule has 10 nitrogen and oxygen atoms in total. The van der Waals surface area contributed by atoms with Crippen molar-refractivity contribution in [3.8, 4) is 11.4 Å². The summed E-state index contributed by atoms with van der Waals surface area (Å²) in [5.74, 6) is 1.45. The number of fused-ring (bicyclic) bond motifs is 2. The van der Waals surface area contributed by atoms with Crippen molar-refractivity contribution >= 4 is 50.7 Å². The van der Waals surface area contributed by atoms with Gasteiger partial charge in [-0.05, 0) is 62.4 Å². The third-order valence-electron chi connectivity index (χ3n) is 6.86. The summed E-state index contributed by atoms with van der Waals surface area (Å²) >= 11 is 0. The predicted octanol–water partition coefficient (Wildman–Crippen LogP) is 5.55. The van der Waals surface area contributed by atoms with Gasteiger partial charge in [-0.3, -0.25) is 9.98 Å². The summed E-state index contributed by atoms with van der Waals surface area (Å²) in [5.41, 5.74) is 8.21. The number of hydrogen-bond donors (Lipinski definition) is 3. The number of anilines is 4. The number of rotatable bonds is 7. The first-order chi connectivity index (χ1) is 19.6. The molecule has 5 heterocycles. The highest BCUT2D eigenvalue weighted by Crippen LogP contribution is 2.30. The summed E-state index contributed by atoms with van der Waals surface area (Å²) in [6.07, 6.45) is 7.39. The van der Waals surface area contributed by atoms with Crippen LogP contribution in [0.5, 0.6) is 0 Å². The lowest BCUT2D eigenvalue weighted by atomic mass is 10.1. The Hall–Kier alpha value is -4.83. The van der Waals surface area contributed by atoms with Gasteiger partial charge in [0.25, 0.3) is 0 Å². The molecule has 1 saturated heterocycles. The lowest BCUT2D eigenvalue weighted by Gasteiger charge is -2.29. The van der Waals surface area contributed by atoms with Crippen LogP contribution in [0.2, 0.25) is 0 Å². The van der Waals surface area contributed by atoms with Crippen LogP contribution in [0, 0.1) is 0 Å². The number of pyridine rings is 3. The van der Waals surface area contributed by atoms with Crippen molar-refractivity contribution in [1.29, 1.82) is 0 Å². The molecule has 0 saturated carbocycles. The number of aromatic nitrogens is 5. The summed E-state index contributed by atoms with van der Waals surface area (Å²) in [6.45, 7) is 7.22. The highest BCUT2D eigenvalue weighted by atomic mass is 16.5. The van der Waals surface area contributed by atoms with Gasteiger partial charge in [0.15, 0.2) is 5.65 Å². The largest absolute Gasteiger partial charge is 0.378 e. The Bertz CT molecular complexity index is 1720. The third kappa shape index (κ3) is 5.48. The zero-order chi connectivity index (χ0) is 27.5. The lowest BCUT2D eigenvalue weighted by Crippen LogP contribution is -2.36. The minimum absolute atomic E-state index is 0.712. The van der Waals surface area contributed by atoms with Crippen LogP contribution in [0.4, 0.5) is 22.9 Å². The maximum atomic E-state index is 5.51. The van der Waals surface area contributed by atoms with E-state index in [1.807, 2.05) is 56.6 Å². The molecule has 0 bridgehead atoms. The SMILES string of the molecule is C/N=C(C)\C=C(/C)Nc1cnc2[nH]c(-c3ccc(Nc4ccnc5ccc(N6CCOCC6)cc45)nc3)nc2c1. The smallest absolute Gasteiger partial charge is 0.157 e. The van der Waals surface area contributed by atoms with Gasteiger partial charge in [0, 0.05) is 60.6 Å². The van der Waals surface area contributed by atoms with E-state index in [0.717, 1.165) is 82.5 Å². The molecule has 4 aromatic heterocycles. The van der Waals surface area contributed by atoms with E-state index in [1.54, 1.807) is 13.2 Å². The van der Waals surface area contributed by atoms with E-state index in [4.69, 9.17) is 9.72 Å². The second-order valence-electron chi connectivity index (χ2n) is 9.71. The maximum Gasteiger partial charge on any atom is 0.157 e. The molecule has 0 radical (unpaired) electrons. The van der Waals surface area contributed by atoms with Gasteiger partial charge < -0.3 is 25.3 Å². The monoisotopic (exact) mass is 533 g/mol. The second-order valence-corrected chi connectivity index (χ2v) is 9.71. The van der Waals surface area contributed by atoms with E-state index in [9.17, 15) is 0 Å². The zero-order valence-electron chi connectivity index (χ0n) is 22.8. The molecule has 0 aliphatic carbocycles. The number of allylic oxidation sites excluding steroid dienone is 2. The number of nitrogens with zero attached hydrogens (tertiary/aromatic N) is 6. The van der Waals surface area contributed by atoms with Gasteiger partial charge in [-0.1, -0.05) is 0 Å². The minimum atomic E-state index is 0.712. The molecule has 1 fully saturated rings. The van der Waals surface area contributed by atoms with Crippen LogP contribution < -0.4 is 15.5 Å². The van der Waals surface area contributed by atoms with Crippen molar-refractivity contribution in [1.82, 2.24) is 24.9 Å². The Morgan fingerprint density at radius 3 is 2.67 bits per heavy atom. The van der Waals surface area contributed by atoms with Crippen LogP contribution in [0.1, 0.15) is 13.8 Å². The number of benzene rings is 1. The molecule has 202 valence electrons. The molecule has 0 spiro atoms. The Morgan fingerprint density at radius 1 is 1.00 bits per heavy atom. The fourth-order valence-electron chi connectivity index (χ4n) is 4.75. The van der Waals surface area contributed by atoms with Gasteiger partial charge in [-0.25, -0.2) is 15.0 Å². The molecule has 1 aromatic carbocycles. The predicted molar refractivity (Wildman–Crippen MR) is 162 cm³/mol. The number of imidazole rings is 1. The van der Waals surface area contributed by atoms with Gasteiger partial charge in [0.2, 0.25) is 0 Å². The standard InChI is InChI=1S/C30H31N9O/c1-19(31-3)14-20(2)35-22-15-27-30(34-18-22)38-29(37-27)21-4-7-28(33-17-21)36-26-8-9-32-25-6-5-23(16-24(25)26)39-10-12-40-13-11-39/h4-9,14-18,35H,10-13H2,1-3H3,(H,32,33,36)(H,34,37,38)/b20-14+,31-19-. The van der Waals surface area contributed by atoms with Crippen molar-refractivity contribution in [3.63, 3.8) is 0 Å². The molecule has 6 rings (SSSR count). The van der Waals surface area contributed by atoms with Gasteiger partial charge in [0.05, 0.1) is 36.3 Å². The van der Waals surface area contributed by atoms with E-state index in [-0.39, 0.29) is 0 Å². The maximum absolute atomic E-state index is 5.51. The van der Waals surface area contributed by atoms with Crippen molar-refractivity contribution in [2.75, 3.05) is 48.9 Å². The molecule has 0 amide bonds. The van der Waals surface area contributed by atoms with Crippen molar-refractivity contribution in [3.05, 3.63) is 72.8 Å². The molecule has 0 atom stereocenters. The number of aromatic amines is 1. The highest BCUT2D eigenvalue weighted by molar-refractivity contribution is 5.95. The first-order valence-corrected chi connectivity index (χ1v) is 13.2. The molecule has 0 unspecified atom stereocenters. The van der Waals surface area contributed by atoms with E-state index in [1.165, 1.54) is 5.69 Å². The summed E-state index contributed by atoms with van der Waals surface area (Å²) in [5, 5.41) is 7.86. The summed E-state index contributed by atoms with van der Waals surface area (Å²) in [4.78, 5) is 28.3. The highest BCUT2D eigenvalue weighted by Gasteiger charge is 2.13. The van der Waals surface area contributed by atoms with E-state index in [0.29, 0.717) is 5.82 Å². The molecule has 5 aromatic rings. The fourth-order valence-corrected chi connectivity index (χ4v) is 4.75. The van der Waals surface area contributed by atoms with Gasteiger partial charge >= 0.3 is 0 Å². The first-order valence-electron chi connectivity index (χ1n) is 13.2. The second kappa shape index (κ2) is 11.1. The topological polar surface area (TPSA) is 116 Å². The first kappa shape index (κ1) is 25.4. The average molecular weight is 534 g/mol. The molecule has 1 aliphatic rings. The quantitative estimate of drug-likeness (QED) is 0.233. The Morgan fingerprint density at radius 2 is 1.88 bits per heavy atom. The van der Waals surface area contributed by atoms with Gasteiger partial charge in [0.1, 0.15) is 17.2 Å². The molecule has 3 N–H and O–H groups in total. The third-order valence-corrected chi connectivity index (χ3v) is 6.86. The minimum Gasteiger partial charge on any atom is -0.378 e. The molecular weight excluding hydrogens is 502 g/mol. The summed E-state index contributed by atoms with van der Waals surface area (Å²) < 4.78 is 5.51. The lowest BCUT2D eigenvalue weighted by molar-refractivity contribution is 0.122. The van der Waals surface area contributed by atoms with Gasteiger partial charge in [-0.2, -0.15) is 0 Å². The molecule has 10 heteroatoms. The van der Waals surface area contributed by atoms with Crippen LogP contribution in [-0.2, 0) is 4.74 Å². The Balaban J connectivity index is 1.21. The number of H-pyrrole nitrogens is 1. The summed E-state index contributed by atoms with van der Waals surface area (Å²) in [6, 6.07) is 14.3. The van der Waals surface area contributed by atoms with Crippen LogP contribution in [0.25, 0.3) is 33.5 Å². The number of aliphatic imine (C=N–C) groups is 1. The Labute approximate surface area is 232 Å². The molecule has 1 aliphatic heterocycles. The van der Waals surface area contributed by atoms with Crippen molar-refractivity contribution in [2.24, 2.45) is 4.99 Å². The van der Waals surface area contributed by atoms with Crippen LogP contribution in [-0.4, -0.2) is 64.0 Å². The van der Waals surface area contributed by atoms with E-state index in [2.05, 4.69) is 58.7 Å². The van der Waals surface area contributed by atoms with E-state index < -0.39 is 0 Å². The van der Waals surface area contributed by atoms with E-state index >= 15 is 0 Å².